The third-order valence-corrected chi connectivity index (χ3v) is 6.06. The van der Waals surface area contributed by atoms with Crippen molar-refractivity contribution >= 4 is 60.5 Å². The normalized spacial score (nSPS) is 11.8. The van der Waals surface area contributed by atoms with E-state index in [0.717, 1.165) is 5.69 Å². The van der Waals surface area contributed by atoms with E-state index in [0.29, 0.717) is 9.48 Å². The molecule has 0 fully saturated rings. The zero-order valence-electron chi connectivity index (χ0n) is 10.2. The van der Waals surface area contributed by atoms with Crippen LogP contribution in [0.5, 0.6) is 0 Å². The van der Waals surface area contributed by atoms with Gasteiger partial charge in [0.05, 0.1) is 16.6 Å². The molecular weight excluding hydrogens is 407 g/mol. The summed E-state index contributed by atoms with van der Waals surface area (Å²) in [6, 6.07) is 2.96. The van der Waals surface area contributed by atoms with Crippen molar-refractivity contribution in [1.82, 2.24) is 9.71 Å². The Morgan fingerprint density at radius 2 is 1.95 bits per heavy atom. The summed E-state index contributed by atoms with van der Waals surface area (Å²) >= 11 is 16.5. The van der Waals surface area contributed by atoms with Crippen molar-refractivity contribution in [2.75, 3.05) is 0 Å². The summed E-state index contributed by atoms with van der Waals surface area (Å²) in [5.74, 6) is 0. The largest absolute Gasteiger partial charge is 0.245 e. The number of rotatable bonds is 4. The Kier molecular flexibility index (Phi) is 5.09. The van der Waals surface area contributed by atoms with Gasteiger partial charge in [0.1, 0.15) is 9.90 Å². The first-order valence-electron chi connectivity index (χ1n) is 5.35. The molecule has 1 aromatic heterocycles. The lowest BCUT2D eigenvalue weighted by Crippen LogP contribution is -2.23. The number of thiazole rings is 1. The topological polar surface area (TPSA) is 59.1 Å². The monoisotopic (exact) mass is 414 g/mol. The molecule has 1 aromatic carbocycles. The standard InChI is InChI=1S/C11H9BrCl2N2O2S2/c1-6-5-19-10(16-6)4-15-20(17,18)11-8(13)2-7(12)3-9(11)14/h2-3,5,15H,4H2,1H3. The van der Waals surface area contributed by atoms with Crippen LogP contribution in [0.1, 0.15) is 10.7 Å². The number of benzene rings is 1. The third-order valence-electron chi connectivity index (χ3n) is 2.31. The maximum absolute atomic E-state index is 12.2. The van der Waals surface area contributed by atoms with Crippen LogP contribution in [0, 0.1) is 6.92 Å². The van der Waals surface area contributed by atoms with Gasteiger partial charge in [0.25, 0.3) is 0 Å². The summed E-state index contributed by atoms with van der Waals surface area (Å²) in [5.41, 5.74) is 0.851. The first kappa shape index (κ1) is 16.2. The average molecular weight is 416 g/mol. The number of sulfonamides is 1. The molecule has 1 N–H and O–H groups in total. The highest BCUT2D eigenvalue weighted by Gasteiger charge is 2.22. The fraction of sp³-hybridized carbons (Fsp3) is 0.182. The predicted octanol–water partition coefficient (Wildman–Crippen LogP) is 4.00. The fourth-order valence-corrected chi connectivity index (χ4v) is 5.22. The van der Waals surface area contributed by atoms with Crippen molar-refractivity contribution in [2.45, 2.75) is 18.4 Å². The van der Waals surface area contributed by atoms with E-state index in [1.165, 1.54) is 23.5 Å². The van der Waals surface area contributed by atoms with Gasteiger partial charge in [-0.25, -0.2) is 18.1 Å². The molecule has 0 radical (unpaired) electrons. The quantitative estimate of drug-likeness (QED) is 0.820. The Morgan fingerprint density at radius 1 is 1.35 bits per heavy atom. The number of halogens is 3. The number of nitrogens with zero attached hydrogens (tertiary/aromatic N) is 1. The number of hydrogen-bond acceptors (Lipinski definition) is 4. The van der Waals surface area contributed by atoms with Gasteiger partial charge in [0, 0.05) is 15.5 Å². The average Bonchev–Trinajstić information content (AvgIpc) is 2.71. The van der Waals surface area contributed by atoms with Crippen molar-refractivity contribution in [1.29, 1.82) is 0 Å². The molecule has 0 saturated heterocycles. The molecule has 0 aliphatic rings. The smallest absolute Gasteiger partial charge is 0.243 e. The summed E-state index contributed by atoms with van der Waals surface area (Å²) < 4.78 is 27.5. The second kappa shape index (κ2) is 6.29. The second-order valence-corrected chi connectivity index (χ2v) is 8.28. The van der Waals surface area contributed by atoms with E-state index in [1.807, 2.05) is 12.3 Å². The van der Waals surface area contributed by atoms with Crippen molar-refractivity contribution < 1.29 is 8.42 Å². The zero-order valence-corrected chi connectivity index (χ0v) is 14.9. The van der Waals surface area contributed by atoms with Gasteiger partial charge in [-0.1, -0.05) is 39.1 Å². The van der Waals surface area contributed by atoms with E-state index >= 15 is 0 Å². The van der Waals surface area contributed by atoms with Crippen LogP contribution in [-0.2, 0) is 16.6 Å². The van der Waals surface area contributed by atoms with Crippen LogP contribution in [0.25, 0.3) is 0 Å². The SMILES string of the molecule is Cc1csc(CNS(=O)(=O)c2c(Cl)cc(Br)cc2Cl)n1. The molecule has 0 unspecified atom stereocenters. The molecule has 0 spiro atoms. The highest BCUT2D eigenvalue weighted by Crippen LogP contribution is 2.32. The molecule has 2 aromatic rings. The maximum Gasteiger partial charge on any atom is 0.243 e. The summed E-state index contributed by atoms with van der Waals surface area (Å²) in [6.45, 7) is 1.94. The van der Waals surface area contributed by atoms with Gasteiger partial charge >= 0.3 is 0 Å². The van der Waals surface area contributed by atoms with E-state index < -0.39 is 10.0 Å². The molecule has 4 nitrogen and oxygen atoms in total. The van der Waals surface area contributed by atoms with E-state index in [4.69, 9.17) is 23.2 Å². The molecule has 0 saturated carbocycles. The summed E-state index contributed by atoms with van der Waals surface area (Å²) in [5, 5.41) is 2.65. The Labute approximate surface area is 139 Å². The van der Waals surface area contributed by atoms with E-state index in [9.17, 15) is 8.42 Å². The number of hydrogen-bond donors (Lipinski definition) is 1. The van der Waals surface area contributed by atoms with Crippen LogP contribution in [0.2, 0.25) is 10.0 Å². The molecule has 2 rings (SSSR count). The molecule has 9 heteroatoms. The number of nitrogens with one attached hydrogen (secondary N) is 1. The van der Waals surface area contributed by atoms with E-state index in [-0.39, 0.29) is 21.5 Å². The molecule has 0 aliphatic carbocycles. The lowest BCUT2D eigenvalue weighted by Gasteiger charge is -2.09. The van der Waals surface area contributed by atoms with Crippen molar-refractivity contribution in [3.8, 4) is 0 Å². The second-order valence-electron chi connectivity index (χ2n) is 3.91. The molecule has 0 aliphatic heterocycles. The molecule has 0 amide bonds. The lowest BCUT2D eigenvalue weighted by atomic mass is 10.4. The van der Waals surface area contributed by atoms with Crippen molar-refractivity contribution in [3.63, 3.8) is 0 Å². The number of aryl methyl sites for hydroxylation is 1. The minimum absolute atomic E-state index is 0.0622. The minimum Gasteiger partial charge on any atom is -0.245 e. The van der Waals surface area contributed by atoms with E-state index in [1.54, 1.807) is 0 Å². The van der Waals surface area contributed by atoms with E-state index in [2.05, 4.69) is 25.6 Å². The highest BCUT2D eigenvalue weighted by molar-refractivity contribution is 9.10. The maximum atomic E-state index is 12.2. The van der Waals surface area contributed by atoms with Crippen LogP contribution < -0.4 is 4.72 Å². The van der Waals surface area contributed by atoms with Crippen LogP contribution in [-0.4, -0.2) is 13.4 Å². The lowest BCUT2D eigenvalue weighted by molar-refractivity contribution is 0.581. The Balaban J connectivity index is 2.27. The molecule has 0 bridgehead atoms. The Bertz CT molecular complexity index is 724. The molecule has 108 valence electrons. The highest BCUT2D eigenvalue weighted by atomic mass is 79.9. The first-order valence-corrected chi connectivity index (χ1v) is 9.26. The summed E-state index contributed by atoms with van der Waals surface area (Å²) in [4.78, 5) is 4.06. The van der Waals surface area contributed by atoms with Gasteiger partial charge in [0.15, 0.2) is 0 Å². The third kappa shape index (κ3) is 3.72. The van der Waals surface area contributed by atoms with Gasteiger partial charge in [0.2, 0.25) is 10.0 Å². The summed E-state index contributed by atoms with van der Waals surface area (Å²) in [7, 11) is -3.80. The van der Waals surface area contributed by atoms with Gasteiger partial charge in [-0.05, 0) is 19.1 Å². The first-order chi connectivity index (χ1) is 9.29. The van der Waals surface area contributed by atoms with Crippen LogP contribution in [0.3, 0.4) is 0 Å². The molecule has 20 heavy (non-hydrogen) atoms. The zero-order chi connectivity index (χ0) is 14.9. The minimum atomic E-state index is -3.80. The van der Waals surface area contributed by atoms with Gasteiger partial charge < -0.3 is 0 Å². The Hall–Kier alpha value is -0.180. The van der Waals surface area contributed by atoms with Gasteiger partial charge in [-0.3, -0.25) is 0 Å². The fourth-order valence-electron chi connectivity index (χ4n) is 1.50. The molecular formula is C11H9BrCl2N2O2S2. The molecule has 0 atom stereocenters. The van der Waals surface area contributed by atoms with Crippen molar-refractivity contribution in [3.05, 3.63) is 42.7 Å². The van der Waals surface area contributed by atoms with Crippen LogP contribution in [0.15, 0.2) is 26.9 Å². The summed E-state index contributed by atoms with van der Waals surface area (Å²) in [6.07, 6.45) is 0. The van der Waals surface area contributed by atoms with Crippen LogP contribution >= 0.6 is 50.5 Å². The van der Waals surface area contributed by atoms with Crippen LogP contribution in [0.4, 0.5) is 0 Å². The Morgan fingerprint density at radius 3 is 2.45 bits per heavy atom. The van der Waals surface area contributed by atoms with Crippen molar-refractivity contribution in [2.24, 2.45) is 0 Å². The van der Waals surface area contributed by atoms with Gasteiger partial charge in [-0.2, -0.15) is 0 Å². The predicted molar refractivity (Wildman–Crippen MR) is 85.0 cm³/mol. The number of aromatic nitrogens is 1. The molecule has 1 heterocycles. The van der Waals surface area contributed by atoms with Gasteiger partial charge in [-0.15, -0.1) is 11.3 Å².